The summed E-state index contributed by atoms with van der Waals surface area (Å²) in [5.74, 6) is 0.955. The van der Waals surface area contributed by atoms with Gasteiger partial charge in [-0.1, -0.05) is 19.1 Å². The van der Waals surface area contributed by atoms with Gasteiger partial charge in [-0.05, 0) is 52.9 Å². The van der Waals surface area contributed by atoms with Crippen molar-refractivity contribution >= 4 is 29.1 Å². The van der Waals surface area contributed by atoms with E-state index in [2.05, 4.69) is 44.7 Å². The van der Waals surface area contributed by atoms with Crippen LogP contribution >= 0.6 is 11.3 Å². The SMILES string of the molecule is CCNC(=NCc1ccc(C(=O)N2CCNC(=O)C2)cc1)NCC(C)c1ccsc1. The van der Waals surface area contributed by atoms with Crippen LogP contribution in [0.1, 0.15) is 41.3 Å². The van der Waals surface area contributed by atoms with Crippen molar-refractivity contribution in [1.82, 2.24) is 20.9 Å². The standard InChI is InChI=1S/C22H29N5O2S/c1-3-23-22(25-12-16(2)19-8-11-30-15-19)26-13-17-4-6-18(7-5-17)21(29)27-10-9-24-20(28)14-27/h4-8,11,15-16H,3,9-10,12-14H2,1-2H3,(H,24,28)(H2,23,25,26). The maximum Gasteiger partial charge on any atom is 0.254 e. The van der Waals surface area contributed by atoms with Crippen molar-refractivity contribution in [2.24, 2.45) is 4.99 Å². The molecule has 2 amide bonds. The lowest BCUT2D eigenvalue weighted by Crippen LogP contribution is -2.49. The van der Waals surface area contributed by atoms with Crippen LogP contribution in [0.2, 0.25) is 0 Å². The van der Waals surface area contributed by atoms with Gasteiger partial charge in [0, 0.05) is 31.7 Å². The molecule has 1 aromatic carbocycles. The van der Waals surface area contributed by atoms with E-state index in [1.807, 2.05) is 19.1 Å². The molecule has 1 fully saturated rings. The van der Waals surface area contributed by atoms with Crippen LogP contribution in [0.25, 0.3) is 0 Å². The Bertz CT molecular complexity index is 864. The van der Waals surface area contributed by atoms with E-state index in [4.69, 9.17) is 0 Å². The highest BCUT2D eigenvalue weighted by molar-refractivity contribution is 7.07. The van der Waals surface area contributed by atoms with E-state index in [-0.39, 0.29) is 18.4 Å². The van der Waals surface area contributed by atoms with Crippen molar-refractivity contribution in [3.63, 3.8) is 0 Å². The van der Waals surface area contributed by atoms with Crippen LogP contribution in [0, 0.1) is 0 Å². The number of thiophene rings is 1. The van der Waals surface area contributed by atoms with Crippen LogP contribution in [-0.2, 0) is 11.3 Å². The molecule has 0 aliphatic carbocycles. The molecule has 1 atom stereocenters. The van der Waals surface area contributed by atoms with Crippen molar-refractivity contribution < 1.29 is 9.59 Å². The molecule has 0 saturated carbocycles. The smallest absolute Gasteiger partial charge is 0.254 e. The number of carbonyl (C=O) groups excluding carboxylic acids is 2. The molecule has 30 heavy (non-hydrogen) atoms. The normalized spacial score (nSPS) is 15.5. The van der Waals surface area contributed by atoms with Crippen LogP contribution in [-0.4, -0.2) is 55.4 Å². The summed E-state index contributed by atoms with van der Waals surface area (Å²) in [5.41, 5.74) is 2.94. The maximum absolute atomic E-state index is 12.6. The fourth-order valence-corrected chi connectivity index (χ4v) is 3.96. The third kappa shape index (κ3) is 6.06. The number of nitrogens with zero attached hydrogens (tertiary/aromatic N) is 2. The lowest BCUT2D eigenvalue weighted by Gasteiger charge is -2.26. The highest BCUT2D eigenvalue weighted by atomic mass is 32.1. The summed E-state index contributed by atoms with van der Waals surface area (Å²) in [6, 6.07) is 9.59. The van der Waals surface area contributed by atoms with Crippen molar-refractivity contribution in [3.8, 4) is 0 Å². The molecule has 7 nitrogen and oxygen atoms in total. The predicted molar refractivity (Wildman–Crippen MR) is 121 cm³/mol. The Morgan fingerprint density at radius 2 is 2.07 bits per heavy atom. The number of hydrogen-bond donors (Lipinski definition) is 3. The summed E-state index contributed by atoms with van der Waals surface area (Å²) in [6.45, 7) is 7.51. The van der Waals surface area contributed by atoms with Crippen molar-refractivity contribution in [2.45, 2.75) is 26.3 Å². The average Bonchev–Trinajstić information content (AvgIpc) is 3.30. The van der Waals surface area contributed by atoms with Crippen LogP contribution in [0.15, 0.2) is 46.1 Å². The molecule has 3 N–H and O–H groups in total. The first-order chi connectivity index (χ1) is 14.6. The van der Waals surface area contributed by atoms with E-state index in [0.717, 1.165) is 24.6 Å². The molecular weight excluding hydrogens is 398 g/mol. The monoisotopic (exact) mass is 427 g/mol. The van der Waals surface area contributed by atoms with Gasteiger partial charge in [0.15, 0.2) is 5.96 Å². The zero-order chi connectivity index (χ0) is 21.3. The molecule has 1 aliphatic heterocycles. The second-order valence-corrected chi connectivity index (χ2v) is 8.09. The minimum Gasteiger partial charge on any atom is -0.357 e. The van der Waals surface area contributed by atoms with Crippen molar-refractivity contribution in [1.29, 1.82) is 0 Å². The number of benzene rings is 1. The number of rotatable bonds is 7. The van der Waals surface area contributed by atoms with E-state index in [1.54, 1.807) is 28.4 Å². The van der Waals surface area contributed by atoms with Gasteiger partial charge < -0.3 is 20.9 Å². The molecular formula is C22H29N5O2S. The topological polar surface area (TPSA) is 85.8 Å². The zero-order valence-corrected chi connectivity index (χ0v) is 18.3. The van der Waals surface area contributed by atoms with Gasteiger partial charge >= 0.3 is 0 Å². The number of aliphatic imine (C=N–C) groups is 1. The number of carbonyl (C=O) groups is 2. The molecule has 1 aliphatic rings. The van der Waals surface area contributed by atoms with Gasteiger partial charge in [0.2, 0.25) is 5.91 Å². The summed E-state index contributed by atoms with van der Waals surface area (Å²) in [6.07, 6.45) is 0. The van der Waals surface area contributed by atoms with Gasteiger partial charge in [0.05, 0.1) is 13.1 Å². The lowest BCUT2D eigenvalue weighted by atomic mass is 10.1. The minimum absolute atomic E-state index is 0.114. The second kappa shape index (κ2) is 10.8. The Labute approximate surface area is 181 Å². The van der Waals surface area contributed by atoms with Gasteiger partial charge in [-0.2, -0.15) is 11.3 Å². The molecule has 8 heteroatoms. The largest absolute Gasteiger partial charge is 0.357 e. The van der Waals surface area contributed by atoms with E-state index in [1.165, 1.54) is 5.56 Å². The highest BCUT2D eigenvalue weighted by Gasteiger charge is 2.22. The molecule has 0 spiro atoms. The molecule has 1 aromatic heterocycles. The molecule has 1 unspecified atom stereocenters. The third-order valence-electron chi connectivity index (χ3n) is 4.98. The Morgan fingerprint density at radius 3 is 2.73 bits per heavy atom. The summed E-state index contributed by atoms with van der Waals surface area (Å²) in [7, 11) is 0. The molecule has 2 aromatic rings. The third-order valence-corrected chi connectivity index (χ3v) is 5.68. The fourth-order valence-electron chi connectivity index (χ4n) is 3.18. The van der Waals surface area contributed by atoms with Gasteiger partial charge in [0.1, 0.15) is 0 Å². The molecule has 0 bridgehead atoms. The number of amides is 2. The van der Waals surface area contributed by atoms with Gasteiger partial charge in [-0.3, -0.25) is 9.59 Å². The first kappa shape index (κ1) is 21.8. The van der Waals surface area contributed by atoms with E-state index < -0.39 is 0 Å². The number of hydrogen-bond acceptors (Lipinski definition) is 4. The van der Waals surface area contributed by atoms with Crippen molar-refractivity contribution in [3.05, 3.63) is 57.8 Å². The zero-order valence-electron chi connectivity index (χ0n) is 17.5. The van der Waals surface area contributed by atoms with Crippen LogP contribution in [0.5, 0.6) is 0 Å². The molecule has 0 radical (unpaired) electrons. The summed E-state index contributed by atoms with van der Waals surface area (Å²) in [4.78, 5) is 30.3. The molecule has 2 heterocycles. The molecule has 160 valence electrons. The predicted octanol–water partition coefficient (Wildman–Crippen LogP) is 2.18. The fraction of sp³-hybridized carbons (Fsp3) is 0.409. The number of guanidine groups is 1. The molecule has 3 rings (SSSR count). The lowest BCUT2D eigenvalue weighted by molar-refractivity contribution is -0.123. The summed E-state index contributed by atoms with van der Waals surface area (Å²) >= 11 is 1.71. The number of nitrogens with one attached hydrogen (secondary N) is 3. The van der Waals surface area contributed by atoms with Gasteiger partial charge in [-0.25, -0.2) is 4.99 Å². The van der Waals surface area contributed by atoms with E-state index in [0.29, 0.717) is 31.1 Å². The highest BCUT2D eigenvalue weighted by Crippen LogP contribution is 2.17. The van der Waals surface area contributed by atoms with Gasteiger partial charge in [0.25, 0.3) is 5.91 Å². The average molecular weight is 428 g/mol. The van der Waals surface area contributed by atoms with E-state index >= 15 is 0 Å². The second-order valence-electron chi connectivity index (χ2n) is 7.31. The summed E-state index contributed by atoms with van der Waals surface area (Å²) < 4.78 is 0. The quantitative estimate of drug-likeness (QED) is 0.467. The van der Waals surface area contributed by atoms with Gasteiger partial charge in [-0.15, -0.1) is 0 Å². The Morgan fingerprint density at radius 1 is 1.27 bits per heavy atom. The summed E-state index contributed by atoms with van der Waals surface area (Å²) in [5, 5.41) is 13.7. The maximum atomic E-state index is 12.6. The Balaban J connectivity index is 1.56. The first-order valence-electron chi connectivity index (χ1n) is 10.3. The number of piperazine rings is 1. The van der Waals surface area contributed by atoms with Crippen LogP contribution < -0.4 is 16.0 Å². The van der Waals surface area contributed by atoms with Crippen molar-refractivity contribution in [2.75, 3.05) is 32.7 Å². The van der Waals surface area contributed by atoms with Crippen LogP contribution in [0.3, 0.4) is 0 Å². The minimum atomic E-state index is -0.114. The van der Waals surface area contributed by atoms with Crippen LogP contribution in [0.4, 0.5) is 0 Å². The van der Waals surface area contributed by atoms with E-state index in [9.17, 15) is 9.59 Å². The first-order valence-corrected chi connectivity index (χ1v) is 11.2. The Kier molecular flexibility index (Phi) is 7.84. The molecule has 1 saturated heterocycles. The Hall–Kier alpha value is -2.87.